The van der Waals surface area contributed by atoms with Crippen LogP contribution in [0.4, 0.5) is 0 Å². The molecule has 0 aliphatic heterocycles. The molecule has 1 heterocycles. The molecule has 5 nitrogen and oxygen atoms in total. The van der Waals surface area contributed by atoms with Crippen LogP contribution < -0.4 is 16.2 Å². The van der Waals surface area contributed by atoms with E-state index >= 15 is 0 Å². The van der Waals surface area contributed by atoms with Crippen LogP contribution in [0.2, 0.25) is 0 Å². The SMILES string of the molecule is COc1ccc(C(N)=S)cc1Cn1cccnc1=O. The third-order valence-corrected chi connectivity index (χ3v) is 2.92. The molecule has 1 aromatic heterocycles. The van der Waals surface area contributed by atoms with Gasteiger partial charge in [-0.15, -0.1) is 0 Å². The van der Waals surface area contributed by atoms with Crippen LogP contribution >= 0.6 is 12.2 Å². The average molecular weight is 275 g/mol. The zero-order valence-electron chi connectivity index (χ0n) is 10.4. The number of nitrogens with two attached hydrogens (primary N) is 1. The second kappa shape index (κ2) is 5.62. The summed E-state index contributed by atoms with van der Waals surface area (Å²) < 4.78 is 6.76. The number of thiocarbonyl (C=S) groups is 1. The molecule has 0 amide bonds. The molecule has 0 aliphatic carbocycles. The molecule has 2 aromatic rings. The molecular formula is C13H13N3O2S. The highest BCUT2D eigenvalue weighted by Gasteiger charge is 2.07. The van der Waals surface area contributed by atoms with Gasteiger partial charge in [-0.2, -0.15) is 0 Å². The Balaban J connectivity index is 2.43. The molecule has 0 unspecified atom stereocenters. The van der Waals surface area contributed by atoms with E-state index < -0.39 is 0 Å². The van der Waals surface area contributed by atoms with Crippen LogP contribution in [0.3, 0.4) is 0 Å². The summed E-state index contributed by atoms with van der Waals surface area (Å²) in [5.74, 6) is 0.677. The van der Waals surface area contributed by atoms with Crippen LogP contribution in [-0.4, -0.2) is 21.6 Å². The average Bonchev–Trinajstić information content (AvgIpc) is 2.41. The molecule has 19 heavy (non-hydrogen) atoms. The number of aromatic nitrogens is 2. The minimum atomic E-state index is -0.315. The van der Waals surface area contributed by atoms with E-state index in [0.29, 0.717) is 17.3 Å². The largest absolute Gasteiger partial charge is 0.496 e. The van der Waals surface area contributed by atoms with E-state index in [4.69, 9.17) is 22.7 Å². The van der Waals surface area contributed by atoms with E-state index in [1.165, 1.54) is 10.8 Å². The van der Waals surface area contributed by atoms with Crippen molar-refractivity contribution in [2.45, 2.75) is 6.54 Å². The maximum absolute atomic E-state index is 11.6. The highest BCUT2D eigenvalue weighted by molar-refractivity contribution is 7.80. The highest BCUT2D eigenvalue weighted by atomic mass is 32.1. The first kappa shape index (κ1) is 13.2. The molecular weight excluding hydrogens is 262 g/mol. The van der Waals surface area contributed by atoms with E-state index in [2.05, 4.69) is 4.98 Å². The molecule has 0 bridgehead atoms. The van der Waals surface area contributed by atoms with Crippen LogP contribution in [0.1, 0.15) is 11.1 Å². The lowest BCUT2D eigenvalue weighted by atomic mass is 10.1. The quantitative estimate of drug-likeness (QED) is 0.841. The first-order valence-electron chi connectivity index (χ1n) is 5.60. The van der Waals surface area contributed by atoms with E-state index in [9.17, 15) is 4.79 Å². The van der Waals surface area contributed by atoms with Crippen molar-refractivity contribution >= 4 is 17.2 Å². The lowest BCUT2D eigenvalue weighted by Crippen LogP contribution is -2.22. The second-order valence-electron chi connectivity index (χ2n) is 3.92. The number of hydrogen-bond donors (Lipinski definition) is 1. The van der Waals surface area contributed by atoms with E-state index in [0.717, 1.165) is 11.1 Å². The normalized spacial score (nSPS) is 10.2. The lowest BCUT2D eigenvalue weighted by molar-refractivity contribution is 0.408. The first-order valence-corrected chi connectivity index (χ1v) is 6.01. The molecule has 2 rings (SSSR count). The van der Waals surface area contributed by atoms with Gasteiger partial charge in [0.25, 0.3) is 0 Å². The zero-order chi connectivity index (χ0) is 13.8. The molecule has 0 aliphatic rings. The summed E-state index contributed by atoms with van der Waals surface area (Å²) in [6.07, 6.45) is 3.13. The summed E-state index contributed by atoms with van der Waals surface area (Å²) in [5, 5.41) is 0. The van der Waals surface area contributed by atoms with Gasteiger partial charge in [-0.1, -0.05) is 12.2 Å². The second-order valence-corrected chi connectivity index (χ2v) is 4.36. The van der Waals surface area contributed by atoms with Crippen molar-refractivity contribution in [3.8, 4) is 5.75 Å². The van der Waals surface area contributed by atoms with Crippen molar-refractivity contribution in [1.29, 1.82) is 0 Å². The van der Waals surface area contributed by atoms with Gasteiger partial charge in [-0.05, 0) is 24.3 Å². The Labute approximate surface area is 115 Å². The summed E-state index contributed by atoms with van der Waals surface area (Å²) in [5.41, 5.74) is 6.85. The zero-order valence-corrected chi connectivity index (χ0v) is 11.2. The smallest absolute Gasteiger partial charge is 0.347 e. The standard InChI is InChI=1S/C13H13N3O2S/c1-18-11-4-3-9(12(14)19)7-10(11)8-16-6-2-5-15-13(16)17/h2-7H,8H2,1H3,(H2,14,19). The van der Waals surface area contributed by atoms with Crippen molar-refractivity contribution in [3.63, 3.8) is 0 Å². The van der Waals surface area contributed by atoms with Crippen LogP contribution in [0.15, 0.2) is 41.5 Å². The monoisotopic (exact) mass is 275 g/mol. The predicted molar refractivity (Wildman–Crippen MR) is 76.5 cm³/mol. The Morgan fingerprint density at radius 3 is 2.95 bits per heavy atom. The molecule has 6 heteroatoms. The van der Waals surface area contributed by atoms with Gasteiger partial charge in [-0.25, -0.2) is 9.78 Å². The summed E-state index contributed by atoms with van der Waals surface area (Å²) in [6, 6.07) is 7.09. The van der Waals surface area contributed by atoms with Crippen molar-refractivity contribution in [1.82, 2.24) is 9.55 Å². The molecule has 2 N–H and O–H groups in total. The van der Waals surface area contributed by atoms with Gasteiger partial charge in [0.05, 0.1) is 13.7 Å². The first-order chi connectivity index (χ1) is 9.11. The van der Waals surface area contributed by atoms with Crippen molar-refractivity contribution in [2.24, 2.45) is 5.73 Å². The van der Waals surface area contributed by atoms with Crippen LogP contribution in [0.25, 0.3) is 0 Å². The van der Waals surface area contributed by atoms with Crippen LogP contribution in [0.5, 0.6) is 5.75 Å². The number of methoxy groups -OCH3 is 1. The Kier molecular flexibility index (Phi) is 3.91. The van der Waals surface area contributed by atoms with Crippen molar-refractivity contribution < 1.29 is 4.74 Å². The van der Waals surface area contributed by atoms with Gasteiger partial charge in [-0.3, -0.25) is 4.57 Å². The molecule has 0 saturated heterocycles. The molecule has 0 atom stereocenters. The van der Waals surface area contributed by atoms with Crippen molar-refractivity contribution in [3.05, 3.63) is 58.3 Å². The van der Waals surface area contributed by atoms with Gasteiger partial charge in [0.15, 0.2) is 0 Å². The molecule has 0 spiro atoms. The van der Waals surface area contributed by atoms with E-state index in [1.807, 2.05) is 6.07 Å². The van der Waals surface area contributed by atoms with Crippen LogP contribution in [-0.2, 0) is 6.54 Å². The minimum Gasteiger partial charge on any atom is -0.496 e. The minimum absolute atomic E-state index is 0.308. The van der Waals surface area contributed by atoms with Crippen LogP contribution in [0, 0.1) is 0 Å². The summed E-state index contributed by atoms with van der Waals surface area (Å²) in [4.78, 5) is 15.6. The fourth-order valence-electron chi connectivity index (χ4n) is 1.75. The number of ether oxygens (including phenoxy) is 1. The lowest BCUT2D eigenvalue weighted by Gasteiger charge is -2.11. The molecule has 0 radical (unpaired) electrons. The number of nitrogens with zero attached hydrogens (tertiary/aromatic N) is 2. The maximum atomic E-state index is 11.6. The number of benzene rings is 1. The third kappa shape index (κ3) is 2.97. The molecule has 0 saturated carbocycles. The molecule has 1 aromatic carbocycles. The van der Waals surface area contributed by atoms with E-state index in [-0.39, 0.29) is 5.69 Å². The van der Waals surface area contributed by atoms with E-state index in [1.54, 1.807) is 31.5 Å². The molecule has 98 valence electrons. The van der Waals surface area contributed by atoms with Gasteiger partial charge >= 0.3 is 5.69 Å². The fraction of sp³-hybridized carbons (Fsp3) is 0.154. The Morgan fingerprint density at radius 2 is 2.32 bits per heavy atom. The van der Waals surface area contributed by atoms with Gasteiger partial charge < -0.3 is 10.5 Å². The molecule has 0 fully saturated rings. The summed E-state index contributed by atoms with van der Waals surface area (Å²) >= 11 is 4.95. The van der Waals surface area contributed by atoms with Crippen molar-refractivity contribution in [2.75, 3.05) is 7.11 Å². The third-order valence-electron chi connectivity index (χ3n) is 2.69. The topological polar surface area (TPSA) is 70.1 Å². The summed E-state index contributed by atoms with van der Waals surface area (Å²) in [6.45, 7) is 0.353. The Bertz CT molecular complexity index is 667. The Morgan fingerprint density at radius 1 is 1.53 bits per heavy atom. The number of hydrogen-bond acceptors (Lipinski definition) is 4. The maximum Gasteiger partial charge on any atom is 0.347 e. The fourth-order valence-corrected chi connectivity index (χ4v) is 1.87. The summed E-state index contributed by atoms with van der Waals surface area (Å²) in [7, 11) is 1.57. The Hall–Kier alpha value is -2.21. The van der Waals surface area contributed by atoms with Gasteiger partial charge in [0.2, 0.25) is 0 Å². The predicted octanol–water partition coefficient (Wildman–Crippen LogP) is 0.934. The highest BCUT2D eigenvalue weighted by Crippen LogP contribution is 2.20. The van der Waals surface area contributed by atoms with Gasteiger partial charge in [0, 0.05) is 23.5 Å². The number of rotatable bonds is 4. The van der Waals surface area contributed by atoms with Gasteiger partial charge in [0.1, 0.15) is 10.7 Å².